The Labute approximate surface area is 88.4 Å². The third-order valence-corrected chi connectivity index (χ3v) is 5.38. The van der Waals surface area contributed by atoms with Crippen molar-refractivity contribution >= 4 is 27.0 Å². The van der Waals surface area contributed by atoms with Crippen molar-refractivity contribution < 1.29 is 8.42 Å². The molecule has 1 aromatic rings. The van der Waals surface area contributed by atoms with Gasteiger partial charge in [0.15, 0.2) is 0 Å². The fourth-order valence-corrected chi connectivity index (χ4v) is 3.85. The van der Waals surface area contributed by atoms with Crippen LogP contribution in [0.5, 0.6) is 0 Å². The molecule has 1 rings (SSSR count). The van der Waals surface area contributed by atoms with E-state index in [1.807, 2.05) is 13.8 Å². The molecule has 0 bridgehead atoms. The van der Waals surface area contributed by atoms with Crippen LogP contribution in [0.2, 0.25) is 0 Å². The molecule has 0 aliphatic rings. The van der Waals surface area contributed by atoms with E-state index in [1.54, 1.807) is 5.38 Å². The fourth-order valence-electron chi connectivity index (χ4n) is 1.16. The van der Waals surface area contributed by atoms with Crippen LogP contribution < -0.4 is 5.73 Å². The van der Waals surface area contributed by atoms with Crippen molar-refractivity contribution in [2.75, 3.05) is 18.8 Å². The van der Waals surface area contributed by atoms with E-state index >= 15 is 0 Å². The molecule has 0 amide bonds. The molecule has 80 valence electrons. The number of sulfonamides is 1. The third kappa shape index (κ3) is 2.08. The van der Waals surface area contributed by atoms with Gasteiger partial charge in [0.1, 0.15) is 4.21 Å². The maximum atomic E-state index is 11.9. The van der Waals surface area contributed by atoms with Crippen LogP contribution in [-0.2, 0) is 10.0 Å². The Bertz CT molecular complexity index is 393. The minimum absolute atomic E-state index is 0.318. The van der Waals surface area contributed by atoms with E-state index in [0.717, 1.165) is 11.3 Å². The van der Waals surface area contributed by atoms with Crippen LogP contribution in [0.15, 0.2) is 15.7 Å². The predicted molar refractivity (Wildman–Crippen MR) is 58.8 cm³/mol. The summed E-state index contributed by atoms with van der Waals surface area (Å²) in [6.45, 7) is 4.60. The molecule has 2 N–H and O–H groups in total. The van der Waals surface area contributed by atoms with E-state index in [4.69, 9.17) is 5.73 Å². The topological polar surface area (TPSA) is 63.4 Å². The SMILES string of the molecule is CCN(CC)S(=O)(=O)c1cc(N)cs1. The van der Waals surface area contributed by atoms with Crippen molar-refractivity contribution in [2.45, 2.75) is 18.1 Å². The van der Waals surface area contributed by atoms with Gasteiger partial charge in [0.2, 0.25) is 0 Å². The first-order chi connectivity index (χ1) is 6.52. The molecule has 0 radical (unpaired) electrons. The van der Waals surface area contributed by atoms with Crippen LogP contribution >= 0.6 is 11.3 Å². The van der Waals surface area contributed by atoms with Crippen molar-refractivity contribution in [2.24, 2.45) is 0 Å². The third-order valence-electron chi connectivity index (χ3n) is 1.90. The van der Waals surface area contributed by atoms with Crippen LogP contribution in [-0.4, -0.2) is 25.8 Å². The number of rotatable bonds is 4. The summed E-state index contributed by atoms with van der Waals surface area (Å²) in [5.41, 5.74) is 5.99. The van der Waals surface area contributed by atoms with Gasteiger partial charge in [0.25, 0.3) is 10.0 Å². The zero-order valence-corrected chi connectivity index (χ0v) is 9.86. The smallest absolute Gasteiger partial charge is 0.252 e. The number of nitrogen functional groups attached to an aromatic ring is 1. The highest BCUT2D eigenvalue weighted by Gasteiger charge is 2.22. The second-order valence-corrected chi connectivity index (χ2v) is 5.86. The van der Waals surface area contributed by atoms with Gasteiger partial charge in [-0.1, -0.05) is 13.8 Å². The lowest BCUT2D eigenvalue weighted by Crippen LogP contribution is -2.29. The average molecular weight is 234 g/mol. The zero-order valence-electron chi connectivity index (χ0n) is 8.23. The summed E-state index contributed by atoms with van der Waals surface area (Å²) in [7, 11) is -3.31. The molecule has 14 heavy (non-hydrogen) atoms. The highest BCUT2D eigenvalue weighted by Crippen LogP contribution is 2.24. The van der Waals surface area contributed by atoms with E-state index in [0.29, 0.717) is 23.0 Å². The van der Waals surface area contributed by atoms with Gasteiger partial charge in [-0.3, -0.25) is 0 Å². The van der Waals surface area contributed by atoms with E-state index in [9.17, 15) is 8.42 Å². The first kappa shape index (κ1) is 11.5. The lowest BCUT2D eigenvalue weighted by Gasteiger charge is -2.16. The van der Waals surface area contributed by atoms with Crippen LogP contribution in [0.25, 0.3) is 0 Å². The normalized spacial score (nSPS) is 12.2. The number of hydrogen-bond donors (Lipinski definition) is 1. The van der Waals surface area contributed by atoms with Crippen molar-refractivity contribution in [3.63, 3.8) is 0 Å². The Kier molecular flexibility index (Phi) is 3.52. The van der Waals surface area contributed by atoms with E-state index in [-0.39, 0.29) is 0 Å². The number of nitrogens with zero attached hydrogens (tertiary/aromatic N) is 1. The molecule has 0 aliphatic heterocycles. The Morgan fingerprint density at radius 1 is 1.43 bits per heavy atom. The fraction of sp³-hybridized carbons (Fsp3) is 0.500. The molecule has 0 unspecified atom stereocenters. The summed E-state index contributed by atoms with van der Waals surface area (Å²) in [4.78, 5) is 0. The molecule has 1 heterocycles. The summed E-state index contributed by atoms with van der Waals surface area (Å²) < 4.78 is 25.5. The lowest BCUT2D eigenvalue weighted by molar-refractivity contribution is 0.447. The summed E-state index contributed by atoms with van der Waals surface area (Å²) in [6, 6.07) is 1.50. The van der Waals surface area contributed by atoms with Crippen LogP contribution in [0.3, 0.4) is 0 Å². The number of nitrogens with two attached hydrogens (primary N) is 1. The van der Waals surface area contributed by atoms with Gasteiger partial charge in [-0.25, -0.2) is 8.42 Å². The molecule has 6 heteroatoms. The van der Waals surface area contributed by atoms with Crippen molar-refractivity contribution in [3.05, 3.63) is 11.4 Å². The molecule has 0 saturated heterocycles. The minimum Gasteiger partial charge on any atom is -0.398 e. The first-order valence-corrected chi connectivity index (χ1v) is 6.68. The van der Waals surface area contributed by atoms with Crippen molar-refractivity contribution in [1.29, 1.82) is 0 Å². The molecule has 1 aromatic heterocycles. The Morgan fingerprint density at radius 2 is 2.00 bits per heavy atom. The Balaban J connectivity index is 3.07. The molecular formula is C8H14N2O2S2. The summed E-state index contributed by atoms with van der Waals surface area (Å²) >= 11 is 1.16. The summed E-state index contributed by atoms with van der Waals surface area (Å²) in [5, 5.41) is 1.64. The quantitative estimate of drug-likeness (QED) is 0.855. The highest BCUT2D eigenvalue weighted by molar-refractivity contribution is 7.91. The number of thiophene rings is 1. The van der Waals surface area contributed by atoms with Gasteiger partial charge in [0.05, 0.1) is 0 Å². The van der Waals surface area contributed by atoms with Gasteiger partial charge in [-0.2, -0.15) is 4.31 Å². The predicted octanol–water partition coefficient (Wildman–Crippen LogP) is 1.36. The minimum atomic E-state index is -3.31. The van der Waals surface area contributed by atoms with Gasteiger partial charge in [0, 0.05) is 24.2 Å². The summed E-state index contributed by atoms with van der Waals surface area (Å²) in [6.07, 6.45) is 0. The Hall–Kier alpha value is -0.590. The van der Waals surface area contributed by atoms with Gasteiger partial charge in [-0.15, -0.1) is 11.3 Å². The largest absolute Gasteiger partial charge is 0.398 e. The summed E-state index contributed by atoms with van der Waals surface area (Å²) in [5.74, 6) is 0. The Morgan fingerprint density at radius 3 is 2.36 bits per heavy atom. The second-order valence-electron chi connectivity index (χ2n) is 2.79. The lowest BCUT2D eigenvalue weighted by atomic mass is 10.6. The van der Waals surface area contributed by atoms with Crippen LogP contribution in [0.4, 0.5) is 5.69 Å². The molecule has 0 spiro atoms. The molecule has 0 aromatic carbocycles. The number of hydrogen-bond acceptors (Lipinski definition) is 4. The van der Waals surface area contributed by atoms with Crippen LogP contribution in [0.1, 0.15) is 13.8 Å². The van der Waals surface area contributed by atoms with Gasteiger partial charge >= 0.3 is 0 Å². The molecule has 0 saturated carbocycles. The molecule has 0 atom stereocenters. The second kappa shape index (κ2) is 4.29. The van der Waals surface area contributed by atoms with Gasteiger partial charge in [-0.05, 0) is 6.07 Å². The zero-order chi connectivity index (χ0) is 10.8. The van der Waals surface area contributed by atoms with E-state index in [1.165, 1.54) is 10.4 Å². The van der Waals surface area contributed by atoms with Crippen molar-refractivity contribution in [1.82, 2.24) is 4.31 Å². The molecular weight excluding hydrogens is 220 g/mol. The van der Waals surface area contributed by atoms with Crippen molar-refractivity contribution in [3.8, 4) is 0 Å². The maximum Gasteiger partial charge on any atom is 0.252 e. The van der Waals surface area contributed by atoms with E-state index < -0.39 is 10.0 Å². The molecule has 0 aliphatic carbocycles. The monoisotopic (exact) mass is 234 g/mol. The molecule has 4 nitrogen and oxygen atoms in total. The maximum absolute atomic E-state index is 11.9. The molecule has 0 fully saturated rings. The highest BCUT2D eigenvalue weighted by atomic mass is 32.2. The first-order valence-electron chi connectivity index (χ1n) is 4.36. The van der Waals surface area contributed by atoms with E-state index in [2.05, 4.69) is 0 Å². The average Bonchev–Trinajstić information content (AvgIpc) is 2.54. The van der Waals surface area contributed by atoms with Gasteiger partial charge < -0.3 is 5.73 Å². The standard InChI is InChI=1S/C8H14N2O2S2/c1-3-10(4-2)14(11,12)8-5-7(9)6-13-8/h5-6H,3-4,9H2,1-2H3. The number of anilines is 1. The van der Waals surface area contributed by atoms with Crippen LogP contribution in [0, 0.1) is 0 Å².